The molecule has 0 spiro atoms. The lowest BCUT2D eigenvalue weighted by Gasteiger charge is -2.13. The largest absolute Gasteiger partial charge is 0.496 e. The molecule has 0 atom stereocenters. The topological polar surface area (TPSA) is 302 Å². The fraction of sp³-hybridized carbons (Fsp3) is 0.130. The van der Waals surface area contributed by atoms with Crippen molar-refractivity contribution in [3.63, 3.8) is 0 Å². The lowest BCUT2D eigenvalue weighted by atomic mass is 10.1. The third-order valence-electron chi connectivity index (χ3n) is 15.7. The molecule has 6 heterocycles. The highest BCUT2D eigenvalue weighted by atomic mass is 16.5. The van der Waals surface area contributed by atoms with Crippen LogP contribution in [-0.4, -0.2) is 104 Å². The highest BCUT2D eigenvalue weighted by molar-refractivity contribution is 5.94. The standard InChI is InChI=1S/C26H21N5O4.C26H23N5O3.C25H21N5O3/c1-33-26(32)22-14-19(25-28-30-31-29-25)10-12-24(22)35-15-17-5-4-7-21(13-17)34-16-20-11-9-18-6-2-3-8-23(18)27-20;1-32-25-14-18(15-26-28-30-31-29-26)9-12-24(25)34-16-19-5-4-7-22(13-19)33-17-21-11-10-20-6-2-3-8-23(20)27-21;1-31-24-14-21(11-12-22(24)25-27-29-30-28-25)32-15-17-5-4-7-20(13-17)33-16-19-10-9-18-6-2-3-8-23(18)26-19/h2-14H,15-16H2,1H3,(H,28,29,30,31);2-14H,15-17H2,1H3,(H,28,29,30,31);2-14H,15-16H2,1H3,(H,27,28,29,30). The van der Waals surface area contributed by atoms with E-state index in [-0.39, 0.29) is 12.2 Å². The third kappa shape index (κ3) is 17.7. The first kappa shape index (κ1) is 66.9. The number of aromatic amines is 3. The van der Waals surface area contributed by atoms with Crippen molar-refractivity contribution in [3.05, 3.63) is 287 Å². The van der Waals surface area contributed by atoms with E-state index in [9.17, 15) is 4.79 Å². The summed E-state index contributed by atoms with van der Waals surface area (Å²) in [7, 11) is 4.53. The van der Waals surface area contributed by atoms with E-state index >= 15 is 0 Å². The normalized spacial score (nSPS) is 10.8. The van der Waals surface area contributed by atoms with Crippen molar-refractivity contribution in [2.45, 2.75) is 46.1 Å². The minimum Gasteiger partial charge on any atom is -0.496 e. The minimum atomic E-state index is -0.523. The van der Waals surface area contributed by atoms with Crippen molar-refractivity contribution in [2.24, 2.45) is 0 Å². The van der Waals surface area contributed by atoms with E-state index in [1.54, 1.807) is 38.5 Å². The lowest BCUT2D eigenvalue weighted by Crippen LogP contribution is -2.06. The van der Waals surface area contributed by atoms with Crippen LogP contribution in [0.2, 0.25) is 0 Å². The second-order valence-corrected chi connectivity index (χ2v) is 22.7. The Morgan fingerprint density at radius 3 is 1.32 bits per heavy atom. The highest BCUT2D eigenvalue weighted by Gasteiger charge is 2.18. The molecule has 0 unspecified atom stereocenters. The Balaban J connectivity index is 0.000000137. The number of carbonyl (C=O) groups excluding carboxylic acids is 1. The Labute approximate surface area is 583 Å². The van der Waals surface area contributed by atoms with Crippen molar-refractivity contribution in [3.8, 4) is 68.8 Å². The Bertz CT molecular complexity index is 5260. The van der Waals surface area contributed by atoms with Crippen LogP contribution in [0.15, 0.2) is 237 Å². The van der Waals surface area contributed by atoms with Gasteiger partial charge < -0.3 is 42.6 Å². The van der Waals surface area contributed by atoms with Gasteiger partial charge in [-0.3, -0.25) is 0 Å². The first-order valence-corrected chi connectivity index (χ1v) is 32.1. The van der Waals surface area contributed by atoms with Crippen molar-refractivity contribution < 1.29 is 47.4 Å². The fourth-order valence-electron chi connectivity index (χ4n) is 10.7. The fourth-order valence-corrected chi connectivity index (χ4v) is 10.7. The SMILES string of the molecule is COC(=O)c1cc(-c2nn[nH]n2)ccc1OCc1cccc(OCc2ccc3ccccc3n2)c1.COc1cc(Cc2nn[nH]n2)ccc1OCc1cccc(OCc2ccc3ccccc3n2)c1.COc1cc(OCc2cccc(OCc3ccc4ccccc4n3)c2)ccc1-c1nn[nH]n1. The molecule has 0 saturated heterocycles. The molecule has 508 valence electrons. The number of hydrogen-bond acceptors (Lipinski definition) is 22. The van der Waals surface area contributed by atoms with E-state index < -0.39 is 5.97 Å². The van der Waals surface area contributed by atoms with Gasteiger partial charge in [-0.15, -0.1) is 30.6 Å². The molecule has 0 aliphatic rings. The smallest absolute Gasteiger partial charge is 0.341 e. The summed E-state index contributed by atoms with van der Waals surface area (Å²) in [5.74, 6) is 6.11. The molecule has 6 aromatic heterocycles. The van der Waals surface area contributed by atoms with Crippen LogP contribution in [0.1, 0.15) is 55.5 Å². The maximum absolute atomic E-state index is 12.3. The Hall–Kier alpha value is -13.7. The quantitative estimate of drug-likeness (QED) is 0.0448. The number of benzene rings is 9. The van der Waals surface area contributed by atoms with Crippen LogP contribution in [-0.2, 0) is 50.8 Å². The van der Waals surface area contributed by atoms with Crippen LogP contribution in [0.5, 0.6) is 46.0 Å². The zero-order valence-electron chi connectivity index (χ0n) is 55.4. The zero-order chi connectivity index (χ0) is 69.7. The maximum atomic E-state index is 12.3. The molecule has 25 nitrogen and oxygen atoms in total. The average Bonchev–Trinajstić information content (AvgIpc) is 1.41. The molecule has 0 bridgehead atoms. The zero-order valence-corrected chi connectivity index (χ0v) is 55.4. The molecule has 0 saturated carbocycles. The van der Waals surface area contributed by atoms with Gasteiger partial charge in [0, 0.05) is 34.2 Å². The van der Waals surface area contributed by atoms with Crippen LogP contribution in [0.3, 0.4) is 0 Å². The molecule has 102 heavy (non-hydrogen) atoms. The minimum absolute atomic E-state index is 0.233. The number of esters is 1. The van der Waals surface area contributed by atoms with E-state index in [1.807, 2.05) is 200 Å². The van der Waals surface area contributed by atoms with Gasteiger partial charge in [-0.05, 0) is 148 Å². The van der Waals surface area contributed by atoms with Crippen LogP contribution < -0.4 is 37.9 Å². The van der Waals surface area contributed by atoms with Crippen molar-refractivity contribution in [2.75, 3.05) is 21.3 Å². The van der Waals surface area contributed by atoms with Gasteiger partial charge in [-0.1, -0.05) is 120 Å². The molecule has 9 aromatic carbocycles. The van der Waals surface area contributed by atoms with Gasteiger partial charge in [0.15, 0.2) is 17.3 Å². The number of tetrazole rings is 3. The number of nitrogens with one attached hydrogen (secondary N) is 3. The molecule has 25 heteroatoms. The summed E-state index contributed by atoms with van der Waals surface area (Å²) in [6, 6.07) is 75.7. The van der Waals surface area contributed by atoms with Crippen LogP contribution >= 0.6 is 0 Å². The summed E-state index contributed by atoms with van der Waals surface area (Å²) in [5, 5.41) is 45.2. The van der Waals surface area contributed by atoms with Crippen molar-refractivity contribution in [1.29, 1.82) is 0 Å². The summed E-state index contributed by atoms with van der Waals surface area (Å²) in [6.45, 7) is 2.13. The predicted molar refractivity (Wildman–Crippen MR) is 378 cm³/mol. The number of fused-ring (bicyclic) bond motifs is 3. The number of H-pyrrole nitrogens is 3. The second kappa shape index (κ2) is 33.0. The van der Waals surface area contributed by atoms with Gasteiger partial charge >= 0.3 is 5.97 Å². The maximum Gasteiger partial charge on any atom is 0.341 e. The first-order valence-electron chi connectivity index (χ1n) is 32.1. The van der Waals surface area contributed by atoms with Gasteiger partial charge in [-0.25, -0.2) is 19.7 Å². The van der Waals surface area contributed by atoms with Crippen LogP contribution in [0, 0.1) is 0 Å². The predicted octanol–water partition coefficient (Wildman–Crippen LogP) is 13.4. The number of aromatic nitrogens is 15. The van der Waals surface area contributed by atoms with E-state index in [2.05, 4.69) is 89.0 Å². The molecule has 0 aliphatic heterocycles. The van der Waals surface area contributed by atoms with Gasteiger partial charge in [-0.2, -0.15) is 15.6 Å². The molecular weight excluding hydrogens is 1290 g/mol. The number of nitrogens with zero attached hydrogens (tertiary/aromatic N) is 12. The lowest BCUT2D eigenvalue weighted by molar-refractivity contribution is 0.0595. The van der Waals surface area contributed by atoms with Crippen molar-refractivity contribution >= 4 is 38.7 Å². The second-order valence-electron chi connectivity index (χ2n) is 22.7. The number of hydrogen-bond donors (Lipinski definition) is 3. The van der Waals surface area contributed by atoms with E-state index in [4.69, 9.17) is 42.6 Å². The Morgan fingerprint density at radius 1 is 0.353 bits per heavy atom. The molecule has 0 fully saturated rings. The van der Waals surface area contributed by atoms with Gasteiger partial charge in [0.05, 0.1) is 60.5 Å². The number of methoxy groups -OCH3 is 3. The summed E-state index contributed by atoms with van der Waals surface area (Å²) >= 11 is 0. The third-order valence-corrected chi connectivity index (χ3v) is 15.7. The Kier molecular flexibility index (Phi) is 21.7. The highest BCUT2D eigenvalue weighted by Crippen LogP contribution is 2.33. The van der Waals surface area contributed by atoms with Crippen LogP contribution in [0.4, 0.5) is 0 Å². The average molecular weight is 1360 g/mol. The molecule has 0 aliphatic carbocycles. The summed E-state index contributed by atoms with van der Waals surface area (Å²) in [4.78, 5) is 26.3. The molecule has 3 N–H and O–H groups in total. The summed E-state index contributed by atoms with van der Waals surface area (Å²) in [5.41, 5.74) is 10.9. The molecule has 15 aromatic rings. The van der Waals surface area contributed by atoms with Gasteiger partial charge in [0.25, 0.3) is 0 Å². The van der Waals surface area contributed by atoms with E-state index in [0.717, 1.165) is 89.1 Å². The first-order chi connectivity index (χ1) is 50.2. The summed E-state index contributed by atoms with van der Waals surface area (Å²) < 4.78 is 51.7. The van der Waals surface area contributed by atoms with Crippen LogP contribution in [0.25, 0.3) is 55.5 Å². The molecule has 0 radical (unpaired) electrons. The monoisotopic (exact) mass is 1360 g/mol. The number of ether oxygens (including phenoxy) is 9. The molecular formula is C77H65N15O10. The van der Waals surface area contributed by atoms with E-state index in [1.165, 1.54) is 7.11 Å². The Morgan fingerprint density at radius 2 is 0.824 bits per heavy atom. The number of para-hydroxylation sites is 3. The number of pyridine rings is 3. The number of rotatable bonds is 25. The van der Waals surface area contributed by atoms with Crippen molar-refractivity contribution in [1.82, 2.24) is 76.8 Å². The van der Waals surface area contributed by atoms with E-state index in [0.29, 0.717) is 97.0 Å². The molecule has 15 rings (SSSR count). The van der Waals surface area contributed by atoms with Gasteiger partial charge in [0.1, 0.15) is 79.7 Å². The van der Waals surface area contributed by atoms with Gasteiger partial charge in [0.2, 0.25) is 11.6 Å². The number of carbonyl (C=O) groups is 1. The molecule has 0 amide bonds. The summed E-state index contributed by atoms with van der Waals surface area (Å²) in [6.07, 6.45) is 0.554.